The number of nitrogens with one attached hydrogen (secondary N) is 2. The smallest absolute Gasteiger partial charge is 0.239 e. The molecule has 10 heteroatoms. The molecule has 2 amide bonds. The molecule has 2 atom stereocenters. The Morgan fingerprint density at radius 2 is 1.73 bits per heavy atom. The minimum absolute atomic E-state index is 0. The maximum absolute atomic E-state index is 12.0. The van der Waals surface area contributed by atoms with Crippen LogP contribution >= 0.6 is 24.8 Å². The lowest BCUT2D eigenvalue weighted by Gasteiger charge is -2.20. The quantitative estimate of drug-likeness (QED) is 0.512. The lowest BCUT2D eigenvalue weighted by atomic mass is 10.1. The highest BCUT2D eigenvalue weighted by Crippen LogP contribution is 2.31. The molecule has 1 aliphatic rings. The number of nitrogens with zero attached hydrogens (tertiary/aromatic N) is 1. The largest absolute Gasteiger partial charge is 0.497 e. The second kappa shape index (κ2) is 13.4. The van der Waals surface area contributed by atoms with Gasteiger partial charge in [0.2, 0.25) is 11.8 Å². The van der Waals surface area contributed by atoms with Crippen molar-refractivity contribution in [2.24, 2.45) is 17.6 Å². The van der Waals surface area contributed by atoms with Crippen LogP contribution in [0.2, 0.25) is 0 Å². The molecular weight excluding hydrogens is 431 g/mol. The van der Waals surface area contributed by atoms with Gasteiger partial charge in [-0.05, 0) is 18.3 Å². The fourth-order valence-corrected chi connectivity index (χ4v) is 3.12. The Morgan fingerprint density at radius 3 is 2.27 bits per heavy atom. The number of hydrogen-bond acceptors (Lipinski definition) is 6. The van der Waals surface area contributed by atoms with Crippen LogP contribution in [0.5, 0.6) is 11.5 Å². The Morgan fingerprint density at radius 1 is 1.13 bits per heavy atom. The highest BCUT2D eigenvalue weighted by Gasteiger charge is 2.24. The van der Waals surface area contributed by atoms with Crippen molar-refractivity contribution in [3.8, 4) is 11.5 Å². The topological polar surface area (TPSA) is 106 Å². The van der Waals surface area contributed by atoms with Crippen LogP contribution in [-0.2, 0) is 9.59 Å². The third kappa shape index (κ3) is 8.08. The maximum atomic E-state index is 12.0. The minimum atomic E-state index is -0.601. The number of hydrogen-bond donors (Lipinski definition) is 3. The first-order chi connectivity index (χ1) is 13.3. The number of amides is 2. The Hall–Kier alpha value is -1.90. The summed E-state index contributed by atoms with van der Waals surface area (Å²) in [5, 5.41) is 5.48. The molecule has 4 N–H and O–H groups in total. The van der Waals surface area contributed by atoms with Crippen LogP contribution in [0.1, 0.15) is 20.3 Å². The summed E-state index contributed by atoms with van der Waals surface area (Å²) >= 11 is 0. The summed E-state index contributed by atoms with van der Waals surface area (Å²) < 4.78 is 10.7. The number of benzene rings is 1. The van der Waals surface area contributed by atoms with E-state index >= 15 is 0 Å². The lowest BCUT2D eigenvalue weighted by molar-refractivity contribution is -0.127. The number of ether oxygens (including phenoxy) is 2. The fraction of sp³-hybridized carbons (Fsp3) is 0.600. The Balaban J connectivity index is 0.00000420. The van der Waals surface area contributed by atoms with Crippen molar-refractivity contribution < 1.29 is 19.1 Å². The normalized spacial score (nSPS) is 16.2. The van der Waals surface area contributed by atoms with Gasteiger partial charge < -0.3 is 30.7 Å². The van der Waals surface area contributed by atoms with Crippen LogP contribution in [0.15, 0.2) is 18.2 Å². The molecule has 0 saturated carbocycles. The van der Waals surface area contributed by atoms with Gasteiger partial charge in [0.05, 0.1) is 26.8 Å². The summed E-state index contributed by atoms with van der Waals surface area (Å²) in [6.45, 7) is 5.99. The van der Waals surface area contributed by atoms with Crippen molar-refractivity contribution in [3.63, 3.8) is 0 Å². The van der Waals surface area contributed by atoms with Crippen molar-refractivity contribution in [2.75, 3.05) is 45.3 Å². The van der Waals surface area contributed by atoms with Gasteiger partial charge in [0.1, 0.15) is 11.5 Å². The van der Waals surface area contributed by atoms with E-state index in [4.69, 9.17) is 15.2 Å². The van der Waals surface area contributed by atoms with E-state index in [0.717, 1.165) is 36.7 Å². The SMILES string of the molecule is COc1cc(OC)cc(N2CCC(CNC(=O)CNC(=O)[C@@H](N)C(C)C)C2)c1.Cl.Cl. The number of anilines is 1. The molecule has 0 radical (unpaired) electrons. The highest BCUT2D eigenvalue weighted by molar-refractivity contribution is 5.87. The van der Waals surface area contributed by atoms with E-state index in [2.05, 4.69) is 15.5 Å². The zero-order chi connectivity index (χ0) is 20.7. The van der Waals surface area contributed by atoms with E-state index in [0.29, 0.717) is 12.5 Å². The van der Waals surface area contributed by atoms with Crippen molar-refractivity contribution in [3.05, 3.63) is 18.2 Å². The zero-order valence-electron chi connectivity index (χ0n) is 18.0. The molecule has 2 rings (SSSR count). The van der Waals surface area contributed by atoms with Crippen molar-refractivity contribution in [1.29, 1.82) is 0 Å². The summed E-state index contributed by atoms with van der Waals surface area (Å²) in [6.07, 6.45) is 0.977. The first kappa shape index (κ1) is 28.1. The first-order valence-electron chi connectivity index (χ1n) is 9.62. The van der Waals surface area contributed by atoms with Crippen molar-refractivity contribution in [2.45, 2.75) is 26.3 Å². The maximum Gasteiger partial charge on any atom is 0.239 e. The second-order valence-electron chi connectivity index (χ2n) is 7.46. The molecule has 0 aromatic heterocycles. The summed E-state index contributed by atoms with van der Waals surface area (Å²) in [5.74, 6) is 1.37. The molecule has 1 aromatic rings. The average Bonchev–Trinajstić information content (AvgIpc) is 3.18. The van der Waals surface area contributed by atoms with Gasteiger partial charge in [-0.1, -0.05) is 13.8 Å². The van der Waals surface area contributed by atoms with Gasteiger partial charge in [0.25, 0.3) is 0 Å². The third-order valence-corrected chi connectivity index (χ3v) is 5.02. The van der Waals surface area contributed by atoms with Crippen LogP contribution in [0.4, 0.5) is 5.69 Å². The molecule has 1 aliphatic heterocycles. The number of halogens is 2. The zero-order valence-corrected chi connectivity index (χ0v) is 19.6. The molecule has 30 heavy (non-hydrogen) atoms. The predicted molar refractivity (Wildman–Crippen MR) is 123 cm³/mol. The summed E-state index contributed by atoms with van der Waals surface area (Å²) in [4.78, 5) is 26.1. The third-order valence-electron chi connectivity index (χ3n) is 5.02. The molecule has 1 saturated heterocycles. The van der Waals surface area contributed by atoms with Crippen molar-refractivity contribution in [1.82, 2.24) is 10.6 Å². The summed E-state index contributed by atoms with van der Waals surface area (Å²) in [5.41, 5.74) is 6.81. The van der Waals surface area contributed by atoms with Gasteiger partial charge in [-0.15, -0.1) is 24.8 Å². The van der Waals surface area contributed by atoms with Gasteiger partial charge in [-0.25, -0.2) is 0 Å². The summed E-state index contributed by atoms with van der Waals surface area (Å²) in [7, 11) is 3.27. The van der Waals surface area contributed by atoms with Crippen LogP contribution in [0.3, 0.4) is 0 Å². The number of rotatable bonds is 9. The van der Waals surface area contributed by atoms with Crippen LogP contribution < -0.4 is 30.7 Å². The van der Waals surface area contributed by atoms with E-state index in [1.807, 2.05) is 32.0 Å². The van der Waals surface area contributed by atoms with Crippen LogP contribution in [-0.4, -0.2) is 58.3 Å². The Kier molecular flexibility index (Phi) is 12.6. The molecule has 172 valence electrons. The van der Waals surface area contributed by atoms with Crippen LogP contribution in [0.25, 0.3) is 0 Å². The van der Waals surface area contributed by atoms with E-state index in [1.165, 1.54) is 0 Å². The van der Waals surface area contributed by atoms with Gasteiger partial charge in [-0.3, -0.25) is 9.59 Å². The standard InChI is InChI=1S/C20H32N4O4.2ClH/c1-13(2)19(21)20(26)23-11-18(25)22-10-14-5-6-24(12-14)15-7-16(27-3)9-17(8-15)28-4;;/h7-9,13-14,19H,5-6,10-12,21H2,1-4H3,(H,22,25)(H,23,26);2*1H/t14?,19-;;/m0../s1. The second-order valence-corrected chi connectivity index (χ2v) is 7.46. The van der Waals surface area contributed by atoms with E-state index in [9.17, 15) is 9.59 Å². The minimum Gasteiger partial charge on any atom is -0.497 e. The Labute approximate surface area is 191 Å². The molecule has 1 unspecified atom stereocenters. The molecule has 0 bridgehead atoms. The predicted octanol–water partition coefficient (Wildman–Crippen LogP) is 1.59. The fourth-order valence-electron chi connectivity index (χ4n) is 3.12. The molecule has 0 spiro atoms. The van der Waals surface area contributed by atoms with E-state index < -0.39 is 6.04 Å². The Bertz CT molecular complexity index is 669. The molecule has 0 aliphatic carbocycles. The molecule has 1 heterocycles. The monoisotopic (exact) mass is 464 g/mol. The van der Waals surface area contributed by atoms with Crippen molar-refractivity contribution >= 4 is 42.3 Å². The van der Waals surface area contributed by atoms with Gasteiger partial charge in [0.15, 0.2) is 0 Å². The summed E-state index contributed by atoms with van der Waals surface area (Å²) in [6, 6.07) is 5.21. The molecule has 8 nitrogen and oxygen atoms in total. The van der Waals surface area contributed by atoms with Gasteiger partial charge in [-0.2, -0.15) is 0 Å². The first-order valence-corrected chi connectivity index (χ1v) is 9.62. The molecule has 1 fully saturated rings. The van der Waals surface area contributed by atoms with Crippen LogP contribution in [0, 0.1) is 11.8 Å². The van der Waals surface area contributed by atoms with Gasteiger partial charge in [0, 0.05) is 43.5 Å². The number of carbonyl (C=O) groups is 2. The molecule has 1 aromatic carbocycles. The number of nitrogens with two attached hydrogens (primary N) is 1. The molecular formula is C20H34Cl2N4O4. The van der Waals surface area contributed by atoms with E-state index in [1.54, 1.807) is 14.2 Å². The van der Waals surface area contributed by atoms with E-state index in [-0.39, 0.29) is 49.1 Å². The highest BCUT2D eigenvalue weighted by atomic mass is 35.5. The number of carbonyl (C=O) groups excluding carboxylic acids is 2. The number of methoxy groups -OCH3 is 2. The average molecular weight is 465 g/mol. The lowest BCUT2D eigenvalue weighted by Crippen LogP contribution is -2.47. The van der Waals surface area contributed by atoms with Gasteiger partial charge >= 0.3 is 0 Å².